The van der Waals surface area contributed by atoms with Crippen molar-refractivity contribution in [1.29, 1.82) is 5.26 Å². The highest BCUT2D eigenvalue weighted by molar-refractivity contribution is 5.47. The molecule has 1 rings (SSSR count). The van der Waals surface area contributed by atoms with Gasteiger partial charge in [0.2, 0.25) is 0 Å². The van der Waals surface area contributed by atoms with Crippen molar-refractivity contribution in [1.82, 2.24) is 0 Å². The molecule has 0 aliphatic carbocycles. The van der Waals surface area contributed by atoms with Gasteiger partial charge in [-0.05, 0) is 37.0 Å². The van der Waals surface area contributed by atoms with Crippen molar-refractivity contribution in [3.05, 3.63) is 35.9 Å². The maximum absolute atomic E-state index is 8.99. The van der Waals surface area contributed by atoms with Crippen molar-refractivity contribution in [3.63, 3.8) is 0 Å². The average molecular weight is 287 g/mol. The number of hydrogen-bond donors (Lipinski definition) is 0. The Morgan fingerprint density at radius 3 is 2.38 bits per heavy atom. The predicted octanol–water partition coefficient (Wildman–Crippen LogP) is 4.48. The zero-order chi connectivity index (χ0) is 15.9. The minimum atomic E-state index is -0.163. The first-order valence-corrected chi connectivity index (χ1v) is 7.29. The topological polar surface area (TPSA) is 42.2 Å². The molecular weight excluding hydrogens is 262 g/mol. The van der Waals surface area contributed by atoms with Gasteiger partial charge < -0.3 is 9.47 Å². The molecule has 0 saturated carbocycles. The van der Waals surface area contributed by atoms with Crippen LogP contribution in [0.4, 0.5) is 0 Å². The molecule has 0 N–H and O–H groups in total. The van der Waals surface area contributed by atoms with Crippen molar-refractivity contribution in [3.8, 4) is 17.6 Å². The predicted molar refractivity (Wildman–Crippen MR) is 85.7 cm³/mol. The molecule has 0 amide bonds. The second kappa shape index (κ2) is 7.73. The number of rotatable bonds is 7. The second-order valence-corrected chi connectivity index (χ2v) is 5.42. The minimum absolute atomic E-state index is 0.163. The zero-order valence-electron chi connectivity index (χ0n) is 13.6. The molecule has 0 aliphatic heterocycles. The van der Waals surface area contributed by atoms with E-state index in [9.17, 15) is 0 Å². The number of benzene rings is 1. The first-order chi connectivity index (χ1) is 10.1. The summed E-state index contributed by atoms with van der Waals surface area (Å²) >= 11 is 0. The lowest BCUT2D eigenvalue weighted by Crippen LogP contribution is -2.30. The first-order valence-electron chi connectivity index (χ1n) is 7.29. The number of nitrogens with zero attached hydrogens (tertiary/aromatic N) is 1. The molecule has 0 heterocycles. The normalized spacial score (nSPS) is 14.0. The van der Waals surface area contributed by atoms with Crippen LogP contribution < -0.4 is 9.47 Å². The Morgan fingerprint density at radius 1 is 1.24 bits per heavy atom. The van der Waals surface area contributed by atoms with Gasteiger partial charge in [0, 0.05) is 11.8 Å². The molecule has 1 aromatic rings. The van der Waals surface area contributed by atoms with Gasteiger partial charge in [-0.25, -0.2) is 0 Å². The third kappa shape index (κ3) is 3.58. The van der Waals surface area contributed by atoms with Gasteiger partial charge in [0.05, 0.1) is 20.3 Å². The van der Waals surface area contributed by atoms with Gasteiger partial charge in [-0.15, -0.1) is 0 Å². The van der Waals surface area contributed by atoms with Crippen LogP contribution in [0.1, 0.15) is 39.2 Å². The Kier molecular flexibility index (Phi) is 6.30. The number of methoxy groups -OCH3 is 2. The van der Waals surface area contributed by atoms with E-state index in [4.69, 9.17) is 14.7 Å². The Hall–Kier alpha value is -1.95. The summed E-state index contributed by atoms with van der Waals surface area (Å²) < 4.78 is 10.7. The maximum atomic E-state index is 8.99. The first kappa shape index (κ1) is 17.1. The molecule has 0 fully saturated rings. The molecule has 3 heteroatoms. The summed E-state index contributed by atoms with van der Waals surface area (Å²) in [7, 11) is 3.28. The van der Waals surface area contributed by atoms with Crippen molar-refractivity contribution < 1.29 is 9.47 Å². The lowest BCUT2D eigenvalue weighted by Gasteiger charge is -2.35. The molecule has 3 nitrogen and oxygen atoms in total. The fourth-order valence-electron chi connectivity index (χ4n) is 2.82. The van der Waals surface area contributed by atoms with E-state index in [0.29, 0.717) is 12.3 Å². The fourth-order valence-corrected chi connectivity index (χ4v) is 2.82. The second-order valence-electron chi connectivity index (χ2n) is 5.42. The van der Waals surface area contributed by atoms with Crippen LogP contribution in [-0.4, -0.2) is 14.2 Å². The molecule has 1 aromatic carbocycles. The molecule has 1 atom stereocenters. The van der Waals surface area contributed by atoms with Gasteiger partial charge in [-0.1, -0.05) is 32.1 Å². The lowest BCUT2D eigenvalue weighted by atomic mass is 9.68. The Balaban J connectivity index is 3.41. The van der Waals surface area contributed by atoms with Crippen LogP contribution in [-0.2, 0) is 5.41 Å². The summed E-state index contributed by atoms with van der Waals surface area (Å²) in [6.07, 6.45) is 5.59. The van der Waals surface area contributed by atoms with Gasteiger partial charge >= 0.3 is 0 Å². The molecule has 21 heavy (non-hydrogen) atoms. The molecule has 0 radical (unpaired) electrons. The summed E-state index contributed by atoms with van der Waals surface area (Å²) in [5.74, 6) is 1.82. The summed E-state index contributed by atoms with van der Waals surface area (Å²) in [4.78, 5) is 0. The third-order valence-electron chi connectivity index (χ3n) is 4.07. The molecule has 0 aliphatic rings. The number of ether oxygens (including phenoxy) is 2. The van der Waals surface area contributed by atoms with E-state index >= 15 is 0 Å². The summed E-state index contributed by atoms with van der Waals surface area (Å²) in [6, 6.07) is 8.29. The van der Waals surface area contributed by atoms with Gasteiger partial charge in [-0.2, -0.15) is 5.26 Å². The molecule has 0 spiro atoms. The summed E-state index contributed by atoms with van der Waals surface area (Å²) in [5, 5.41) is 8.99. The van der Waals surface area contributed by atoms with Crippen LogP contribution >= 0.6 is 0 Å². The highest BCUT2D eigenvalue weighted by Gasteiger charge is 2.33. The number of nitriles is 1. The molecule has 0 saturated heterocycles. The fraction of sp³-hybridized carbons (Fsp3) is 0.500. The highest BCUT2D eigenvalue weighted by atomic mass is 16.5. The standard InChI is InChI=1S/C18H25NO2/c1-6-10-18(14(2)3,11-7-12-19)15-8-9-16(20-4)17(13-15)21-5/h6,8-10,13-14H,7,11H2,1-5H3/b10-6+/t18-/m0/s1. The van der Waals surface area contributed by atoms with Crippen molar-refractivity contribution in [2.24, 2.45) is 5.92 Å². The van der Waals surface area contributed by atoms with E-state index < -0.39 is 0 Å². The quantitative estimate of drug-likeness (QED) is 0.694. The molecule has 0 bridgehead atoms. The van der Waals surface area contributed by atoms with Gasteiger partial charge in [-0.3, -0.25) is 0 Å². The van der Waals surface area contributed by atoms with Gasteiger partial charge in [0.15, 0.2) is 11.5 Å². The van der Waals surface area contributed by atoms with Crippen LogP contribution in [0, 0.1) is 17.2 Å². The summed E-state index contributed by atoms with van der Waals surface area (Å²) in [6.45, 7) is 6.40. The smallest absolute Gasteiger partial charge is 0.161 e. The number of allylic oxidation sites excluding steroid dienone is 2. The van der Waals surface area contributed by atoms with E-state index in [0.717, 1.165) is 23.5 Å². The largest absolute Gasteiger partial charge is 0.493 e. The number of hydrogen-bond acceptors (Lipinski definition) is 3. The van der Waals surface area contributed by atoms with E-state index in [1.807, 2.05) is 19.1 Å². The Bertz CT molecular complexity index is 529. The molecule has 114 valence electrons. The minimum Gasteiger partial charge on any atom is -0.493 e. The van der Waals surface area contributed by atoms with Crippen LogP contribution in [0.2, 0.25) is 0 Å². The molecular formula is C18H25NO2. The van der Waals surface area contributed by atoms with Crippen LogP contribution in [0.25, 0.3) is 0 Å². The average Bonchev–Trinajstić information content (AvgIpc) is 2.50. The van der Waals surface area contributed by atoms with Crippen LogP contribution in [0.3, 0.4) is 0 Å². The summed E-state index contributed by atoms with van der Waals surface area (Å²) in [5.41, 5.74) is 0.993. The van der Waals surface area contributed by atoms with Crippen LogP contribution in [0.15, 0.2) is 30.4 Å². The Morgan fingerprint density at radius 2 is 1.90 bits per heavy atom. The third-order valence-corrected chi connectivity index (χ3v) is 4.07. The molecule has 0 aromatic heterocycles. The SMILES string of the molecule is C/C=C/[C@@](CCC#N)(c1ccc(OC)c(OC)c1)C(C)C. The zero-order valence-corrected chi connectivity index (χ0v) is 13.6. The lowest BCUT2D eigenvalue weighted by molar-refractivity contribution is 0.342. The molecule has 0 unspecified atom stereocenters. The van der Waals surface area contributed by atoms with E-state index in [1.165, 1.54) is 0 Å². The van der Waals surface area contributed by atoms with Gasteiger partial charge in [0.1, 0.15) is 0 Å². The Labute approximate surface area is 128 Å². The van der Waals surface area contributed by atoms with Crippen molar-refractivity contribution >= 4 is 0 Å². The van der Waals surface area contributed by atoms with E-state index in [-0.39, 0.29) is 5.41 Å². The van der Waals surface area contributed by atoms with E-state index in [1.54, 1.807) is 14.2 Å². The van der Waals surface area contributed by atoms with E-state index in [2.05, 4.69) is 38.1 Å². The monoisotopic (exact) mass is 287 g/mol. The highest BCUT2D eigenvalue weighted by Crippen LogP contribution is 2.41. The van der Waals surface area contributed by atoms with Crippen molar-refractivity contribution in [2.75, 3.05) is 14.2 Å². The van der Waals surface area contributed by atoms with Crippen molar-refractivity contribution in [2.45, 2.75) is 39.0 Å². The maximum Gasteiger partial charge on any atom is 0.161 e. The van der Waals surface area contributed by atoms with Gasteiger partial charge in [0.25, 0.3) is 0 Å². The van der Waals surface area contributed by atoms with Crippen LogP contribution in [0.5, 0.6) is 11.5 Å².